The number of aromatic nitrogens is 2. The number of Topliss-reactive ketones (excluding diaryl/α,β-unsaturated/α-hetero) is 1. The Hall–Kier alpha value is -3.13. The maximum atomic E-state index is 13.8. The predicted molar refractivity (Wildman–Crippen MR) is 148 cm³/mol. The van der Waals surface area contributed by atoms with E-state index in [4.69, 9.17) is 10.1 Å². The molecule has 208 valence electrons. The minimum Gasteiger partial charge on any atom is -0.345 e. The number of ether oxygens (including phenoxy) is 1. The van der Waals surface area contributed by atoms with Gasteiger partial charge in [-0.2, -0.15) is 0 Å². The highest BCUT2D eigenvalue weighted by Crippen LogP contribution is 2.39. The van der Waals surface area contributed by atoms with Crippen molar-refractivity contribution >= 4 is 23.0 Å². The Balaban J connectivity index is 1.33. The topological polar surface area (TPSA) is 99.1 Å². The standard InChI is InChI=1S/C31H39FN4O3/c1-18(2)23(15-25(33)20-9-11-22(32)12-10-20)30-34-17-26(35-30)28(37)24-16-27-36(14-13-19(24)3)31(38)29(39-27)21-7-5-4-6-8-21/h9-12,15,17-19,21,24,27,29,33H,4-8,13-14,16H2,1-3H3,(H,34,35)/b23-15-,33-25?. The second kappa shape index (κ2) is 11.5. The molecule has 3 heterocycles. The number of H-pyrrole nitrogens is 1. The third-order valence-corrected chi connectivity index (χ3v) is 8.75. The number of nitrogens with one attached hydrogen (secondary N) is 2. The van der Waals surface area contributed by atoms with E-state index < -0.39 is 0 Å². The van der Waals surface area contributed by atoms with Gasteiger partial charge in [0.1, 0.15) is 29.7 Å². The molecule has 7 nitrogen and oxygen atoms in total. The lowest BCUT2D eigenvalue weighted by molar-refractivity contribution is -0.132. The Labute approximate surface area is 229 Å². The molecule has 1 saturated carbocycles. The van der Waals surface area contributed by atoms with E-state index in [1.807, 2.05) is 18.7 Å². The Morgan fingerprint density at radius 1 is 1.18 bits per heavy atom. The first-order valence-corrected chi connectivity index (χ1v) is 14.3. The van der Waals surface area contributed by atoms with Gasteiger partial charge in [-0.25, -0.2) is 9.37 Å². The molecule has 39 heavy (non-hydrogen) atoms. The second-order valence-electron chi connectivity index (χ2n) is 11.7. The largest absolute Gasteiger partial charge is 0.345 e. The smallest absolute Gasteiger partial charge is 0.254 e. The number of rotatable bonds is 7. The first kappa shape index (κ1) is 27.4. The molecule has 2 saturated heterocycles. The number of aromatic amines is 1. The van der Waals surface area contributed by atoms with E-state index in [2.05, 4.69) is 16.9 Å². The molecular formula is C31H39FN4O3. The highest BCUT2D eigenvalue weighted by atomic mass is 19.1. The maximum Gasteiger partial charge on any atom is 0.254 e. The summed E-state index contributed by atoms with van der Waals surface area (Å²) in [7, 11) is 0. The number of carbonyl (C=O) groups excluding carboxylic acids is 2. The van der Waals surface area contributed by atoms with E-state index in [9.17, 15) is 14.0 Å². The van der Waals surface area contributed by atoms with Crippen LogP contribution >= 0.6 is 0 Å². The fraction of sp³-hybridized carbons (Fsp3) is 0.548. The molecule has 1 aromatic heterocycles. The fourth-order valence-corrected chi connectivity index (χ4v) is 6.32. The summed E-state index contributed by atoms with van der Waals surface area (Å²) in [4.78, 5) is 36.6. The summed E-state index contributed by atoms with van der Waals surface area (Å²) in [6.07, 6.45) is 9.44. The van der Waals surface area contributed by atoms with Gasteiger partial charge in [0.25, 0.3) is 5.91 Å². The molecule has 0 radical (unpaired) electrons. The molecule has 1 aromatic carbocycles. The Morgan fingerprint density at radius 3 is 2.59 bits per heavy atom. The number of hydrogen-bond donors (Lipinski definition) is 2. The van der Waals surface area contributed by atoms with Gasteiger partial charge in [0.15, 0.2) is 5.78 Å². The minimum absolute atomic E-state index is 0.0167. The van der Waals surface area contributed by atoms with Gasteiger partial charge in [0.2, 0.25) is 0 Å². The van der Waals surface area contributed by atoms with Crippen LogP contribution in [0.2, 0.25) is 0 Å². The van der Waals surface area contributed by atoms with E-state index in [0.29, 0.717) is 30.0 Å². The van der Waals surface area contributed by atoms with Crippen LogP contribution in [0, 0.1) is 34.9 Å². The van der Waals surface area contributed by atoms with Crippen molar-refractivity contribution in [2.45, 2.75) is 78.0 Å². The number of benzene rings is 1. The molecule has 4 atom stereocenters. The maximum absolute atomic E-state index is 13.8. The molecular weight excluding hydrogens is 495 g/mol. The Kier molecular flexibility index (Phi) is 8.12. The number of halogens is 1. The molecule has 1 aliphatic carbocycles. The predicted octanol–water partition coefficient (Wildman–Crippen LogP) is 6.02. The van der Waals surface area contributed by atoms with Gasteiger partial charge in [-0.1, -0.05) is 40.0 Å². The number of allylic oxidation sites excluding steroid dienone is 2. The molecule has 3 aliphatic rings. The van der Waals surface area contributed by atoms with Crippen molar-refractivity contribution < 1.29 is 18.7 Å². The van der Waals surface area contributed by atoms with Crippen LogP contribution in [-0.2, 0) is 9.53 Å². The average molecular weight is 535 g/mol. The summed E-state index contributed by atoms with van der Waals surface area (Å²) < 4.78 is 19.7. The van der Waals surface area contributed by atoms with Crippen LogP contribution in [0.25, 0.3) is 5.57 Å². The van der Waals surface area contributed by atoms with Gasteiger partial charge in [-0.15, -0.1) is 0 Å². The van der Waals surface area contributed by atoms with Crippen molar-refractivity contribution in [1.82, 2.24) is 14.9 Å². The van der Waals surface area contributed by atoms with Crippen molar-refractivity contribution in [3.05, 3.63) is 59.4 Å². The first-order chi connectivity index (χ1) is 18.7. The highest BCUT2D eigenvalue weighted by molar-refractivity contribution is 6.10. The van der Waals surface area contributed by atoms with Crippen LogP contribution in [-0.4, -0.2) is 51.1 Å². The fourth-order valence-electron chi connectivity index (χ4n) is 6.32. The van der Waals surface area contributed by atoms with E-state index >= 15 is 0 Å². The highest BCUT2D eigenvalue weighted by Gasteiger charge is 2.48. The normalized spacial score (nSPS) is 26.5. The quantitative estimate of drug-likeness (QED) is 0.335. The van der Waals surface area contributed by atoms with Gasteiger partial charge >= 0.3 is 0 Å². The summed E-state index contributed by atoms with van der Waals surface area (Å²) in [6.45, 7) is 6.71. The number of ketones is 1. The van der Waals surface area contributed by atoms with E-state index in [-0.39, 0.29) is 59.2 Å². The monoisotopic (exact) mass is 534 g/mol. The lowest BCUT2D eigenvalue weighted by Gasteiger charge is -2.26. The summed E-state index contributed by atoms with van der Waals surface area (Å²) in [5.41, 5.74) is 2.08. The molecule has 0 bridgehead atoms. The molecule has 8 heteroatoms. The van der Waals surface area contributed by atoms with E-state index in [1.165, 1.54) is 18.6 Å². The SMILES string of the molecule is CC(C)/C(=C/C(=N)c1ccc(F)cc1)c1ncc(C(=O)C2CC3OC(C4CCCCC4)C(=O)N3CCC2C)[nH]1. The molecule has 2 aliphatic heterocycles. The molecule has 1 amide bonds. The van der Waals surface area contributed by atoms with Crippen LogP contribution in [0.3, 0.4) is 0 Å². The van der Waals surface area contributed by atoms with Crippen molar-refractivity contribution in [2.24, 2.45) is 23.7 Å². The van der Waals surface area contributed by atoms with Crippen LogP contribution in [0.1, 0.15) is 87.6 Å². The molecule has 0 spiro atoms. The molecule has 4 unspecified atom stereocenters. The summed E-state index contributed by atoms with van der Waals surface area (Å²) >= 11 is 0. The van der Waals surface area contributed by atoms with Crippen LogP contribution in [0.4, 0.5) is 4.39 Å². The Bertz CT molecular complexity index is 1240. The van der Waals surface area contributed by atoms with Gasteiger partial charge < -0.3 is 20.0 Å². The zero-order valence-electron chi connectivity index (χ0n) is 23.1. The van der Waals surface area contributed by atoms with Gasteiger partial charge in [0, 0.05) is 18.9 Å². The summed E-state index contributed by atoms with van der Waals surface area (Å²) in [6, 6.07) is 5.83. The number of hydrogen-bond acceptors (Lipinski definition) is 5. The summed E-state index contributed by atoms with van der Waals surface area (Å²) in [5, 5.41) is 8.50. The zero-order valence-corrected chi connectivity index (χ0v) is 23.1. The number of nitrogens with zero attached hydrogens (tertiary/aromatic N) is 2. The number of amides is 1. The zero-order chi connectivity index (χ0) is 27.7. The molecule has 2 N–H and O–H groups in total. The lowest BCUT2D eigenvalue weighted by atomic mass is 9.84. The number of imidazole rings is 1. The van der Waals surface area contributed by atoms with Crippen LogP contribution in [0.15, 0.2) is 36.5 Å². The molecule has 3 fully saturated rings. The van der Waals surface area contributed by atoms with Gasteiger partial charge in [0.05, 0.1) is 11.9 Å². The third-order valence-electron chi connectivity index (χ3n) is 8.75. The second-order valence-corrected chi connectivity index (χ2v) is 11.7. The van der Waals surface area contributed by atoms with Crippen LogP contribution < -0.4 is 0 Å². The molecule has 2 aromatic rings. The Morgan fingerprint density at radius 2 is 1.90 bits per heavy atom. The van der Waals surface area contributed by atoms with Crippen molar-refractivity contribution in [2.75, 3.05) is 6.54 Å². The van der Waals surface area contributed by atoms with Crippen LogP contribution in [0.5, 0.6) is 0 Å². The molecule has 5 rings (SSSR count). The van der Waals surface area contributed by atoms with Crippen molar-refractivity contribution in [3.8, 4) is 0 Å². The lowest BCUT2D eigenvalue weighted by Crippen LogP contribution is -2.37. The average Bonchev–Trinajstić information content (AvgIpc) is 3.49. The number of fused-ring (bicyclic) bond motifs is 1. The summed E-state index contributed by atoms with van der Waals surface area (Å²) in [5.74, 6) is 0.439. The van der Waals surface area contributed by atoms with Gasteiger partial charge in [-0.05, 0) is 78.5 Å². The van der Waals surface area contributed by atoms with Crippen molar-refractivity contribution in [3.63, 3.8) is 0 Å². The number of carbonyl (C=O) groups is 2. The third kappa shape index (κ3) is 5.76. The van der Waals surface area contributed by atoms with Crippen molar-refractivity contribution in [1.29, 1.82) is 5.41 Å². The minimum atomic E-state index is -0.367. The first-order valence-electron chi connectivity index (χ1n) is 14.3. The van der Waals surface area contributed by atoms with E-state index in [0.717, 1.165) is 37.7 Å². The van der Waals surface area contributed by atoms with Gasteiger partial charge in [-0.3, -0.25) is 9.59 Å². The van der Waals surface area contributed by atoms with E-state index in [1.54, 1.807) is 24.4 Å².